The predicted octanol–water partition coefficient (Wildman–Crippen LogP) is 3.38. The molecule has 0 aliphatic carbocycles. The van der Waals surface area contributed by atoms with E-state index in [0.717, 1.165) is 17.0 Å². The number of rotatable bonds is 4. The van der Waals surface area contributed by atoms with E-state index in [2.05, 4.69) is 20.9 Å². The van der Waals surface area contributed by atoms with Crippen LogP contribution in [0.5, 0.6) is 5.75 Å². The lowest BCUT2D eigenvalue weighted by atomic mass is 10.3. The van der Waals surface area contributed by atoms with Gasteiger partial charge in [0.05, 0.1) is 11.9 Å². The third-order valence-corrected chi connectivity index (χ3v) is 3.04. The monoisotopic (exact) mass is 298 g/mol. The van der Waals surface area contributed by atoms with Crippen molar-refractivity contribution in [1.82, 2.24) is 9.55 Å². The molecule has 5 heteroatoms. The second-order valence-corrected chi connectivity index (χ2v) is 4.21. The van der Waals surface area contributed by atoms with Gasteiger partial charge in [-0.15, -0.1) is 0 Å². The molecule has 0 spiro atoms. The van der Waals surface area contributed by atoms with Gasteiger partial charge in [-0.05, 0) is 47.1 Å². The standard InChI is InChI=1S/C12H12BrFN2O/c1-2-16-10(7-15-12(16)13)8-17-11-5-3-9(14)4-6-11/h3-7H,2,8H2,1H3. The highest BCUT2D eigenvalue weighted by atomic mass is 79.9. The third kappa shape index (κ3) is 2.85. The van der Waals surface area contributed by atoms with Gasteiger partial charge in [-0.25, -0.2) is 9.37 Å². The van der Waals surface area contributed by atoms with Crippen molar-refractivity contribution in [3.63, 3.8) is 0 Å². The van der Waals surface area contributed by atoms with Crippen LogP contribution in [0.15, 0.2) is 35.2 Å². The highest BCUT2D eigenvalue weighted by molar-refractivity contribution is 9.10. The van der Waals surface area contributed by atoms with E-state index in [-0.39, 0.29) is 5.82 Å². The zero-order valence-corrected chi connectivity index (χ0v) is 10.9. The van der Waals surface area contributed by atoms with Crippen molar-refractivity contribution in [3.8, 4) is 5.75 Å². The molecule has 0 fully saturated rings. The molecule has 3 nitrogen and oxygen atoms in total. The Balaban J connectivity index is 2.04. The van der Waals surface area contributed by atoms with E-state index in [1.165, 1.54) is 12.1 Å². The van der Waals surface area contributed by atoms with Crippen LogP contribution in [0.4, 0.5) is 4.39 Å². The van der Waals surface area contributed by atoms with Gasteiger partial charge in [0.15, 0.2) is 4.73 Å². The molecule has 0 saturated heterocycles. The highest BCUT2D eigenvalue weighted by Crippen LogP contribution is 2.16. The quantitative estimate of drug-likeness (QED) is 0.865. The largest absolute Gasteiger partial charge is 0.487 e. The van der Waals surface area contributed by atoms with Gasteiger partial charge in [-0.2, -0.15) is 0 Å². The minimum Gasteiger partial charge on any atom is -0.487 e. The van der Waals surface area contributed by atoms with Crippen LogP contribution in [0.1, 0.15) is 12.6 Å². The zero-order chi connectivity index (χ0) is 12.3. The van der Waals surface area contributed by atoms with Crippen LogP contribution in [0, 0.1) is 5.82 Å². The summed E-state index contributed by atoms with van der Waals surface area (Å²) in [4.78, 5) is 4.15. The molecule has 0 unspecified atom stereocenters. The van der Waals surface area contributed by atoms with Crippen molar-refractivity contribution in [3.05, 3.63) is 46.7 Å². The summed E-state index contributed by atoms with van der Waals surface area (Å²) >= 11 is 3.36. The van der Waals surface area contributed by atoms with Crippen LogP contribution in [0.2, 0.25) is 0 Å². The molecule has 0 aliphatic rings. The summed E-state index contributed by atoms with van der Waals surface area (Å²) in [5.74, 6) is 0.380. The maximum Gasteiger partial charge on any atom is 0.177 e. The molecular weight excluding hydrogens is 287 g/mol. The number of benzene rings is 1. The number of halogens is 2. The Kier molecular flexibility index (Phi) is 3.78. The molecule has 0 amide bonds. The summed E-state index contributed by atoms with van der Waals surface area (Å²) in [5.41, 5.74) is 0.976. The van der Waals surface area contributed by atoms with E-state index in [1.54, 1.807) is 18.3 Å². The van der Waals surface area contributed by atoms with Crippen LogP contribution in [0.3, 0.4) is 0 Å². The van der Waals surface area contributed by atoms with Crippen LogP contribution in [0.25, 0.3) is 0 Å². The first-order valence-corrected chi connectivity index (χ1v) is 6.08. The molecule has 0 N–H and O–H groups in total. The van der Waals surface area contributed by atoms with Gasteiger partial charge in [0.1, 0.15) is 18.2 Å². The summed E-state index contributed by atoms with van der Waals surface area (Å²) in [5, 5.41) is 0. The average molecular weight is 299 g/mol. The summed E-state index contributed by atoms with van der Waals surface area (Å²) < 4.78 is 21.0. The van der Waals surface area contributed by atoms with E-state index in [4.69, 9.17) is 4.74 Å². The highest BCUT2D eigenvalue weighted by Gasteiger charge is 2.06. The Labute approximate surface area is 107 Å². The van der Waals surface area contributed by atoms with E-state index in [1.807, 2.05) is 11.5 Å². The molecule has 1 aromatic heterocycles. The summed E-state index contributed by atoms with van der Waals surface area (Å²) in [6.07, 6.45) is 1.76. The van der Waals surface area contributed by atoms with Crippen molar-refractivity contribution in [2.45, 2.75) is 20.1 Å². The SMILES string of the molecule is CCn1c(COc2ccc(F)cc2)cnc1Br. The second kappa shape index (κ2) is 5.31. The van der Waals surface area contributed by atoms with Gasteiger partial charge >= 0.3 is 0 Å². The molecular formula is C12H12BrFN2O. The van der Waals surface area contributed by atoms with Gasteiger partial charge < -0.3 is 9.30 Å². The van der Waals surface area contributed by atoms with E-state index < -0.39 is 0 Å². The molecule has 2 aromatic rings. The summed E-state index contributed by atoms with van der Waals surface area (Å²) in [7, 11) is 0. The molecule has 0 atom stereocenters. The maximum absolute atomic E-state index is 12.7. The van der Waals surface area contributed by atoms with Crippen molar-refractivity contribution in [2.75, 3.05) is 0 Å². The molecule has 17 heavy (non-hydrogen) atoms. The fraction of sp³-hybridized carbons (Fsp3) is 0.250. The van der Waals surface area contributed by atoms with Gasteiger partial charge in [0.2, 0.25) is 0 Å². The van der Waals surface area contributed by atoms with Crippen molar-refractivity contribution in [1.29, 1.82) is 0 Å². The number of hydrogen-bond acceptors (Lipinski definition) is 2. The lowest BCUT2D eigenvalue weighted by Crippen LogP contribution is -2.04. The Hall–Kier alpha value is -1.36. The Morgan fingerprint density at radius 2 is 2.06 bits per heavy atom. The fourth-order valence-electron chi connectivity index (χ4n) is 1.52. The number of hydrogen-bond donors (Lipinski definition) is 0. The molecule has 0 bridgehead atoms. The van der Waals surface area contributed by atoms with E-state index >= 15 is 0 Å². The summed E-state index contributed by atoms with van der Waals surface area (Å²) in [6.45, 7) is 3.27. The minimum absolute atomic E-state index is 0.265. The number of imidazole rings is 1. The first kappa shape index (κ1) is 12.1. The van der Waals surface area contributed by atoms with Crippen molar-refractivity contribution >= 4 is 15.9 Å². The number of aromatic nitrogens is 2. The summed E-state index contributed by atoms with van der Waals surface area (Å²) in [6, 6.07) is 5.97. The van der Waals surface area contributed by atoms with Gasteiger partial charge in [0, 0.05) is 6.54 Å². The molecule has 1 aromatic carbocycles. The molecule has 2 rings (SSSR count). The molecule has 0 radical (unpaired) electrons. The Morgan fingerprint density at radius 3 is 2.71 bits per heavy atom. The fourth-order valence-corrected chi connectivity index (χ4v) is 2.10. The van der Waals surface area contributed by atoms with Crippen molar-refractivity contribution < 1.29 is 9.13 Å². The van der Waals surface area contributed by atoms with Gasteiger partial charge in [0.25, 0.3) is 0 Å². The van der Waals surface area contributed by atoms with Gasteiger partial charge in [-0.3, -0.25) is 0 Å². The number of nitrogens with zero attached hydrogens (tertiary/aromatic N) is 2. The van der Waals surface area contributed by atoms with Crippen LogP contribution < -0.4 is 4.74 Å². The van der Waals surface area contributed by atoms with Crippen LogP contribution in [-0.2, 0) is 13.2 Å². The van der Waals surface area contributed by atoms with E-state index in [0.29, 0.717) is 12.4 Å². The first-order chi connectivity index (χ1) is 8.20. The lowest BCUT2D eigenvalue weighted by Gasteiger charge is -2.08. The lowest BCUT2D eigenvalue weighted by molar-refractivity contribution is 0.294. The van der Waals surface area contributed by atoms with E-state index in [9.17, 15) is 4.39 Å². The molecule has 0 aliphatic heterocycles. The van der Waals surface area contributed by atoms with Crippen molar-refractivity contribution in [2.24, 2.45) is 0 Å². The number of ether oxygens (including phenoxy) is 1. The van der Waals surface area contributed by atoms with Crippen LogP contribution in [-0.4, -0.2) is 9.55 Å². The normalized spacial score (nSPS) is 10.5. The Morgan fingerprint density at radius 1 is 1.35 bits per heavy atom. The molecule has 90 valence electrons. The maximum atomic E-state index is 12.7. The Bertz CT molecular complexity index is 496. The molecule has 1 heterocycles. The minimum atomic E-state index is -0.265. The first-order valence-electron chi connectivity index (χ1n) is 5.29. The smallest absolute Gasteiger partial charge is 0.177 e. The second-order valence-electron chi connectivity index (χ2n) is 3.51. The average Bonchev–Trinajstić information content (AvgIpc) is 2.69. The topological polar surface area (TPSA) is 27.1 Å². The zero-order valence-electron chi connectivity index (χ0n) is 9.36. The van der Waals surface area contributed by atoms with Crippen LogP contribution >= 0.6 is 15.9 Å². The third-order valence-electron chi connectivity index (χ3n) is 2.41. The van der Waals surface area contributed by atoms with Gasteiger partial charge in [-0.1, -0.05) is 0 Å². The predicted molar refractivity (Wildman–Crippen MR) is 66.3 cm³/mol. The molecule has 0 saturated carbocycles.